The number of hydrogen-bond acceptors (Lipinski definition) is 4. The van der Waals surface area contributed by atoms with Crippen LogP contribution in [0.1, 0.15) is 49.7 Å². The van der Waals surface area contributed by atoms with Crippen LogP contribution in [0.25, 0.3) is 11.1 Å². The molecule has 33 heavy (non-hydrogen) atoms. The zero-order valence-electron chi connectivity index (χ0n) is 18.8. The zero-order valence-corrected chi connectivity index (χ0v) is 18.8. The van der Waals surface area contributed by atoms with E-state index >= 15 is 0 Å². The van der Waals surface area contributed by atoms with Crippen LogP contribution in [-0.4, -0.2) is 42.3 Å². The van der Waals surface area contributed by atoms with Gasteiger partial charge in [-0.05, 0) is 47.9 Å². The lowest BCUT2D eigenvalue weighted by Gasteiger charge is -2.22. The third kappa shape index (κ3) is 5.18. The van der Waals surface area contributed by atoms with E-state index in [0.717, 1.165) is 30.4 Å². The van der Waals surface area contributed by atoms with Gasteiger partial charge in [0.05, 0.1) is 6.42 Å². The molecule has 1 fully saturated rings. The Labute approximate surface area is 193 Å². The third-order valence-corrected chi connectivity index (χ3v) is 6.72. The summed E-state index contributed by atoms with van der Waals surface area (Å²) in [5.74, 6) is -1.29. The van der Waals surface area contributed by atoms with Gasteiger partial charge in [0.25, 0.3) is 0 Å². The van der Waals surface area contributed by atoms with Crippen LogP contribution in [0.2, 0.25) is 0 Å². The van der Waals surface area contributed by atoms with Gasteiger partial charge >= 0.3 is 12.1 Å². The Morgan fingerprint density at radius 1 is 1.03 bits per heavy atom. The van der Waals surface area contributed by atoms with Gasteiger partial charge in [-0.15, -0.1) is 0 Å². The maximum Gasteiger partial charge on any atom is 0.407 e. The molecule has 174 valence electrons. The van der Waals surface area contributed by atoms with Gasteiger partial charge in [0.2, 0.25) is 5.91 Å². The minimum Gasteiger partial charge on any atom is -0.481 e. The Balaban J connectivity index is 1.29. The molecule has 4 rings (SSSR count). The van der Waals surface area contributed by atoms with Crippen LogP contribution < -0.4 is 10.6 Å². The van der Waals surface area contributed by atoms with Crippen LogP contribution in [0.15, 0.2) is 48.5 Å². The van der Waals surface area contributed by atoms with Crippen molar-refractivity contribution in [1.82, 2.24) is 10.6 Å². The molecule has 2 aliphatic carbocycles. The van der Waals surface area contributed by atoms with E-state index in [2.05, 4.69) is 34.9 Å². The molecule has 2 amide bonds. The van der Waals surface area contributed by atoms with Gasteiger partial charge in [-0.3, -0.25) is 9.59 Å². The van der Waals surface area contributed by atoms with Crippen LogP contribution in [-0.2, 0) is 14.3 Å². The molecule has 0 radical (unpaired) electrons. The van der Waals surface area contributed by atoms with Gasteiger partial charge in [0, 0.05) is 24.4 Å². The molecule has 0 heterocycles. The molecule has 7 heteroatoms. The van der Waals surface area contributed by atoms with Gasteiger partial charge in [-0.1, -0.05) is 55.0 Å². The number of fused-ring (bicyclic) bond motifs is 3. The average Bonchev–Trinajstić information content (AvgIpc) is 3.38. The number of carboxylic acid groups (broad SMARTS) is 1. The Kier molecular flexibility index (Phi) is 6.96. The van der Waals surface area contributed by atoms with Crippen molar-refractivity contribution >= 4 is 18.0 Å². The molecule has 1 saturated carbocycles. The van der Waals surface area contributed by atoms with E-state index < -0.39 is 18.1 Å². The van der Waals surface area contributed by atoms with E-state index in [0.29, 0.717) is 6.54 Å². The van der Waals surface area contributed by atoms with Crippen molar-refractivity contribution in [2.24, 2.45) is 11.8 Å². The van der Waals surface area contributed by atoms with E-state index in [-0.39, 0.29) is 36.7 Å². The maximum atomic E-state index is 12.6. The molecule has 2 aromatic carbocycles. The van der Waals surface area contributed by atoms with E-state index in [1.165, 1.54) is 11.1 Å². The first-order valence-corrected chi connectivity index (χ1v) is 11.5. The summed E-state index contributed by atoms with van der Waals surface area (Å²) in [5, 5.41) is 14.5. The number of rotatable bonds is 8. The molecule has 3 atom stereocenters. The fourth-order valence-corrected chi connectivity index (χ4v) is 5.15. The third-order valence-electron chi connectivity index (χ3n) is 6.72. The highest BCUT2D eigenvalue weighted by Crippen LogP contribution is 2.44. The van der Waals surface area contributed by atoms with Crippen LogP contribution in [0.4, 0.5) is 4.79 Å². The van der Waals surface area contributed by atoms with E-state index in [4.69, 9.17) is 9.84 Å². The Hall–Kier alpha value is -3.35. The topological polar surface area (TPSA) is 105 Å². The van der Waals surface area contributed by atoms with Gasteiger partial charge in [-0.2, -0.15) is 0 Å². The van der Waals surface area contributed by atoms with Crippen molar-refractivity contribution in [2.45, 2.75) is 44.6 Å². The highest BCUT2D eigenvalue weighted by molar-refractivity contribution is 5.81. The van der Waals surface area contributed by atoms with E-state index in [9.17, 15) is 14.4 Å². The highest BCUT2D eigenvalue weighted by atomic mass is 16.5. The maximum absolute atomic E-state index is 12.6. The fourth-order valence-electron chi connectivity index (χ4n) is 5.15. The van der Waals surface area contributed by atoms with Crippen LogP contribution >= 0.6 is 0 Å². The summed E-state index contributed by atoms with van der Waals surface area (Å²) < 4.78 is 5.59. The molecule has 0 aromatic heterocycles. The molecule has 0 aliphatic heterocycles. The SMILES string of the molecule is C[C@@H](CC(=O)O)NC(=O)[C@H]1CCC[C@H]1CNC(=O)OCC1c2ccccc2-c2ccccc21. The highest BCUT2D eigenvalue weighted by Gasteiger charge is 2.34. The van der Waals surface area contributed by atoms with Gasteiger partial charge < -0.3 is 20.5 Å². The molecule has 3 N–H and O–H groups in total. The Bertz CT molecular complexity index is 991. The number of hydrogen-bond donors (Lipinski definition) is 3. The number of carboxylic acids is 1. The zero-order chi connectivity index (χ0) is 23.4. The van der Waals surface area contributed by atoms with Crippen LogP contribution in [0, 0.1) is 11.8 Å². The number of aliphatic carboxylic acids is 1. The summed E-state index contributed by atoms with van der Waals surface area (Å²) in [5.41, 5.74) is 4.68. The molecule has 7 nitrogen and oxygen atoms in total. The monoisotopic (exact) mass is 450 g/mol. The predicted octanol–water partition coefficient (Wildman–Crippen LogP) is 3.92. The van der Waals surface area contributed by atoms with Crippen molar-refractivity contribution in [2.75, 3.05) is 13.2 Å². The normalized spacial score (nSPS) is 19.9. The molecular weight excluding hydrogens is 420 g/mol. The second-order valence-corrected chi connectivity index (χ2v) is 9.01. The predicted molar refractivity (Wildman–Crippen MR) is 124 cm³/mol. The smallest absolute Gasteiger partial charge is 0.407 e. The first kappa shape index (κ1) is 22.8. The van der Waals surface area contributed by atoms with Gasteiger partial charge in [0.1, 0.15) is 6.61 Å². The van der Waals surface area contributed by atoms with E-state index in [1.54, 1.807) is 6.92 Å². The summed E-state index contributed by atoms with van der Waals surface area (Å²) >= 11 is 0. The lowest BCUT2D eigenvalue weighted by Crippen LogP contribution is -2.42. The molecule has 0 saturated heterocycles. The number of ether oxygens (including phenoxy) is 1. The minimum atomic E-state index is -0.942. The fraction of sp³-hybridized carbons (Fsp3) is 0.423. The van der Waals surface area contributed by atoms with Gasteiger partial charge in [-0.25, -0.2) is 4.79 Å². The van der Waals surface area contributed by atoms with E-state index in [1.807, 2.05) is 24.3 Å². The van der Waals surface area contributed by atoms with Crippen molar-refractivity contribution in [3.05, 3.63) is 59.7 Å². The lowest BCUT2D eigenvalue weighted by molar-refractivity contribution is -0.137. The molecule has 0 spiro atoms. The first-order chi connectivity index (χ1) is 15.9. The van der Waals surface area contributed by atoms with Crippen LogP contribution in [0.5, 0.6) is 0 Å². The number of nitrogens with one attached hydrogen (secondary N) is 2. The van der Waals surface area contributed by atoms with Crippen molar-refractivity contribution in [3.63, 3.8) is 0 Å². The van der Waals surface area contributed by atoms with Crippen molar-refractivity contribution in [1.29, 1.82) is 0 Å². The molecule has 0 bridgehead atoms. The summed E-state index contributed by atoms with van der Waals surface area (Å²) in [7, 11) is 0. The largest absolute Gasteiger partial charge is 0.481 e. The Morgan fingerprint density at radius 2 is 1.67 bits per heavy atom. The number of amides is 2. The molecule has 2 aromatic rings. The minimum absolute atomic E-state index is 0.00359. The second-order valence-electron chi connectivity index (χ2n) is 9.01. The molecule has 2 aliphatic rings. The number of benzene rings is 2. The van der Waals surface area contributed by atoms with Gasteiger partial charge in [0.15, 0.2) is 0 Å². The summed E-state index contributed by atoms with van der Waals surface area (Å²) in [6.45, 7) is 2.30. The summed E-state index contributed by atoms with van der Waals surface area (Å²) in [6.07, 6.45) is 1.89. The van der Waals surface area contributed by atoms with Crippen LogP contribution in [0.3, 0.4) is 0 Å². The molecular formula is C26H30N2O5. The van der Waals surface area contributed by atoms with Crippen molar-refractivity contribution in [3.8, 4) is 11.1 Å². The average molecular weight is 451 g/mol. The van der Waals surface area contributed by atoms with Crippen molar-refractivity contribution < 1.29 is 24.2 Å². The second kappa shape index (κ2) is 10.1. The number of alkyl carbamates (subject to hydrolysis) is 1. The number of carbonyl (C=O) groups is 3. The quantitative estimate of drug-likeness (QED) is 0.565. The first-order valence-electron chi connectivity index (χ1n) is 11.5. The summed E-state index contributed by atoms with van der Waals surface area (Å²) in [6, 6.07) is 16.0. The Morgan fingerprint density at radius 3 is 2.30 bits per heavy atom. The molecule has 0 unspecified atom stereocenters. The lowest BCUT2D eigenvalue weighted by atomic mass is 9.94. The standard InChI is InChI=1S/C26H30N2O5/c1-16(13-24(29)30)28-25(31)18-12-6-7-17(18)14-27-26(32)33-15-23-21-10-4-2-8-19(21)20-9-3-5-11-22(20)23/h2-5,8-11,16-18,23H,6-7,12-15H2,1H3,(H,27,32)(H,28,31)(H,29,30)/t16-,17-,18-/m0/s1. The summed E-state index contributed by atoms with van der Waals surface area (Å²) in [4.78, 5) is 35.9. The number of carbonyl (C=O) groups excluding carboxylic acids is 2.